The van der Waals surface area contributed by atoms with E-state index in [2.05, 4.69) is 26.1 Å². The number of rotatable bonds is 4. The standard InChI is InChI=1S/C12H19NO/c1-9(11-5-4-8-14-11)13-10(2)12(3)6-7-12/h4-5,8-10,13H,6-7H2,1-3H3/t9-,10?/m1/s1. The summed E-state index contributed by atoms with van der Waals surface area (Å²) in [6, 6.07) is 4.86. The number of hydrogen-bond acceptors (Lipinski definition) is 2. The number of furan rings is 1. The first-order valence-electron chi connectivity index (χ1n) is 5.41. The number of nitrogens with one attached hydrogen (secondary N) is 1. The van der Waals surface area contributed by atoms with E-state index >= 15 is 0 Å². The summed E-state index contributed by atoms with van der Waals surface area (Å²) in [6.45, 7) is 6.77. The van der Waals surface area contributed by atoms with Crippen molar-refractivity contribution in [2.75, 3.05) is 0 Å². The summed E-state index contributed by atoms with van der Waals surface area (Å²) in [5.74, 6) is 1.03. The Kier molecular flexibility index (Phi) is 2.40. The van der Waals surface area contributed by atoms with E-state index in [9.17, 15) is 0 Å². The highest BCUT2D eigenvalue weighted by Crippen LogP contribution is 2.48. The van der Waals surface area contributed by atoms with Crippen molar-refractivity contribution in [3.8, 4) is 0 Å². The Hall–Kier alpha value is -0.760. The highest BCUT2D eigenvalue weighted by molar-refractivity contribution is 5.05. The molecule has 0 bridgehead atoms. The van der Waals surface area contributed by atoms with Crippen molar-refractivity contribution in [1.82, 2.24) is 5.32 Å². The zero-order chi connectivity index (χ0) is 10.2. The summed E-state index contributed by atoms with van der Waals surface area (Å²) >= 11 is 0. The maximum Gasteiger partial charge on any atom is 0.120 e. The molecular formula is C12H19NO. The summed E-state index contributed by atoms with van der Waals surface area (Å²) in [5.41, 5.74) is 0.529. The third-order valence-corrected chi connectivity index (χ3v) is 3.55. The summed E-state index contributed by atoms with van der Waals surface area (Å²) in [5, 5.41) is 3.59. The Morgan fingerprint density at radius 2 is 2.14 bits per heavy atom. The zero-order valence-electron chi connectivity index (χ0n) is 9.21. The van der Waals surface area contributed by atoms with Crippen molar-refractivity contribution >= 4 is 0 Å². The molecule has 1 aliphatic carbocycles. The van der Waals surface area contributed by atoms with Gasteiger partial charge in [0.1, 0.15) is 5.76 Å². The molecule has 1 aromatic rings. The second kappa shape index (κ2) is 3.43. The average Bonchev–Trinajstić information content (AvgIpc) is 2.71. The van der Waals surface area contributed by atoms with Gasteiger partial charge in [-0.15, -0.1) is 0 Å². The van der Waals surface area contributed by atoms with Crippen molar-refractivity contribution in [2.45, 2.75) is 45.7 Å². The Morgan fingerprint density at radius 3 is 2.64 bits per heavy atom. The lowest BCUT2D eigenvalue weighted by Gasteiger charge is -2.23. The predicted molar refractivity (Wildman–Crippen MR) is 57.1 cm³/mol. The van der Waals surface area contributed by atoms with Crippen LogP contribution in [0.3, 0.4) is 0 Å². The van der Waals surface area contributed by atoms with E-state index in [0.29, 0.717) is 17.5 Å². The third-order valence-electron chi connectivity index (χ3n) is 3.55. The van der Waals surface area contributed by atoms with Crippen molar-refractivity contribution in [1.29, 1.82) is 0 Å². The second-order valence-electron chi connectivity index (χ2n) is 4.78. The van der Waals surface area contributed by atoms with Crippen LogP contribution in [-0.4, -0.2) is 6.04 Å². The van der Waals surface area contributed by atoms with Gasteiger partial charge in [-0.2, -0.15) is 0 Å². The topological polar surface area (TPSA) is 25.2 Å². The first-order valence-corrected chi connectivity index (χ1v) is 5.41. The zero-order valence-corrected chi connectivity index (χ0v) is 9.21. The van der Waals surface area contributed by atoms with Crippen LogP contribution in [0.25, 0.3) is 0 Å². The molecule has 78 valence electrons. The van der Waals surface area contributed by atoms with E-state index in [0.717, 1.165) is 5.76 Å². The van der Waals surface area contributed by atoms with Crippen molar-refractivity contribution < 1.29 is 4.42 Å². The lowest BCUT2D eigenvalue weighted by Crippen LogP contribution is -2.35. The molecule has 14 heavy (non-hydrogen) atoms. The minimum absolute atomic E-state index is 0.317. The monoisotopic (exact) mass is 193 g/mol. The fourth-order valence-corrected chi connectivity index (χ4v) is 1.83. The van der Waals surface area contributed by atoms with Gasteiger partial charge in [0.05, 0.1) is 12.3 Å². The van der Waals surface area contributed by atoms with Crippen molar-refractivity contribution in [3.63, 3.8) is 0 Å². The summed E-state index contributed by atoms with van der Waals surface area (Å²) in [7, 11) is 0. The molecule has 1 fully saturated rings. The Bertz CT molecular complexity index is 287. The predicted octanol–water partition coefficient (Wildman–Crippen LogP) is 3.12. The molecule has 2 nitrogen and oxygen atoms in total. The molecule has 0 amide bonds. The quantitative estimate of drug-likeness (QED) is 0.794. The van der Waals surface area contributed by atoms with Gasteiger partial charge < -0.3 is 9.73 Å². The van der Waals surface area contributed by atoms with Crippen LogP contribution < -0.4 is 5.32 Å². The minimum Gasteiger partial charge on any atom is -0.468 e. The summed E-state index contributed by atoms with van der Waals surface area (Å²) in [6.07, 6.45) is 4.44. The molecule has 1 unspecified atom stereocenters. The number of hydrogen-bond donors (Lipinski definition) is 1. The van der Waals surface area contributed by atoms with Crippen LogP contribution in [0.1, 0.15) is 45.4 Å². The van der Waals surface area contributed by atoms with Gasteiger partial charge >= 0.3 is 0 Å². The first-order chi connectivity index (χ1) is 6.62. The fraction of sp³-hybridized carbons (Fsp3) is 0.667. The van der Waals surface area contributed by atoms with Crippen molar-refractivity contribution in [3.05, 3.63) is 24.2 Å². The molecule has 0 spiro atoms. The van der Waals surface area contributed by atoms with E-state index in [1.807, 2.05) is 12.1 Å². The molecule has 1 saturated carbocycles. The molecule has 1 aromatic heterocycles. The highest BCUT2D eigenvalue weighted by atomic mass is 16.3. The van der Waals surface area contributed by atoms with Crippen LogP contribution >= 0.6 is 0 Å². The lowest BCUT2D eigenvalue weighted by atomic mass is 10.00. The Morgan fingerprint density at radius 1 is 1.43 bits per heavy atom. The van der Waals surface area contributed by atoms with Gasteiger partial charge in [0.15, 0.2) is 0 Å². The lowest BCUT2D eigenvalue weighted by molar-refractivity contribution is 0.324. The maximum atomic E-state index is 5.37. The van der Waals surface area contributed by atoms with Crippen LogP contribution in [0, 0.1) is 5.41 Å². The normalized spacial score (nSPS) is 23.1. The van der Waals surface area contributed by atoms with Gasteiger partial charge in [-0.3, -0.25) is 0 Å². The third kappa shape index (κ3) is 1.85. The maximum absolute atomic E-state index is 5.37. The molecule has 2 heteroatoms. The molecule has 0 radical (unpaired) electrons. The summed E-state index contributed by atoms with van der Waals surface area (Å²) < 4.78 is 5.37. The van der Waals surface area contributed by atoms with Gasteiger partial charge in [0.2, 0.25) is 0 Å². The van der Waals surface area contributed by atoms with Crippen LogP contribution in [0.2, 0.25) is 0 Å². The summed E-state index contributed by atoms with van der Waals surface area (Å²) in [4.78, 5) is 0. The van der Waals surface area contributed by atoms with E-state index in [4.69, 9.17) is 4.42 Å². The smallest absolute Gasteiger partial charge is 0.120 e. The van der Waals surface area contributed by atoms with E-state index in [1.54, 1.807) is 6.26 Å². The average molecular weight is 193 g/mol. The molecular weight excluding hydrogens is 174 g/mol. The molecule has 1 N–H and O–H groups in total. The van der Waals surface area contributed by atoms with E-state index in [1.165, 1.54) is 12.8 Å². The van der Waals surface area contributed by atoms with Gasteiger partial charge in [-0.05, 0) is 44.2 Å². The molecule has 1 aliphatic rings. The van der Waals surface area contributed by atoms with Crippen LogP contribution in [-0.2, 0) is 0 Å². The van der Waals surface area contributed by atoms with Crippen LogP contribution in [0.5, 0.6) is 0 Å². The minimum atomic E-state index is 0.317. The van der Waals surface area contributed by atoms with Gasteiger partial charge in [-0.25, -0.2) is 0 Å². The van der Waals surface area contributed by atoms with Crippen LogP contribution in [0.4, 0.5) is 0 Å². The Labute approximate surface area is 85.7 Å². The molecule has 1 heterocycles. The molecule has 2 rings (SSSR count). The highest BCUT2D eigenvalue weighted by Gasteiger charge is 2.42. The molecule has 0 aliphatic heterocycles. The second-order valence-corrected chi connectivity index (χ2v) is 4.78. The van der Waals surface area contributed by atoms with Gasteiger partial charge in [-0.1, -0.05) is 6.92 Å². The Balaban J connectivity index is 1.91. The van der Waals surface area contributed by atoms with E-state index in [-0.39, 0.29) is 0 Å². The fourth-order valence-electron chi connectivity index (χ4n) is 1.83. The van der Waals surface area contributed by atoms with Crippen LogP contribution in [0.15, 0.2) is 22.8 Å². The largest absolute Gasteiger partial charge is 0.468 e. The molecule has 0 saturated heterocycles. The SMILES string of the molecule is CC(N[C@H](C)c1ccco1)C1(C)CC1. The van der Waals surface area contributed by atoms with E-state index < -0.39 is 0 Å². The van der Waals surface area contributed by atoms with Gasteiger partial charge in [0, 0.05) is 6.04 Å². The van der Waals surface area contributed by atoms with Crippen molar-refractivity contribution in [2.24, 2.45) is 5.41 Å². The van der Waals surface area contributed by atoms with Gasteiger partial charge in [0.25, 0.3) is 0 Å². The first kappa shape index (κ1) is 9.78. The molecule has 0 aromatic carbocycles. The molecule has 2 atom stereocenters.